The van der Waals surface area contributed by atoms with Crippen molar-refractivity contribution in [2.24, 2.45) is 7.05 Å². The molecule has 1 aromatic rings. The summed E-state index contributed by atoms with van der Waals surface area (Å²) in [5.74, 6) is 2.50. The number of hydrogen-bond acceptors (Lipinski definition) is 5. The van der Waals surface area contributed by atoms with Gasteiger partial charge in [0.25, 0.3) is 0 Å². The third-order valence-electron chi connectivity index (χ3n) is 3.56. The molecule has 2 heterocycles. The zero-order valence-corrected chi connectivity index (χ0v) is 15.5. The fraction of sp³-hybridized carbons (Fsp3) is 0.846. The van der Waals surface area contributed by atoms with Crippen LogP contribution in [0.3, 0.4) is 0 Å². The maximum absolute atomic E-state index is 4.16. The average molecular weight is 379 g/mol. The van der Waals surface area contributed by atoms with Crippen molar-refractivity contribution in [2.45, 2.75) is 43.2 Å². The zero-order chi connectivity index (χ0) is 14.5. The van der Waals surface area contributed by atoms with Gasteiger partial charge in [-0.15, -0.1) is 5.10 Å². The van der Waals surface area contributed by atoms with Gasteiger partial charge in [0.05, 0.1) is 11.7 Å². The molecule has 0 radical (unpaired) electrons. The summed E-state index contributed by atoms with van der Waals surface area (Å²) in [6, 6.07) is 0.312. The molecule has 0 spiro atoms. The number of aryl methyl sites for hydroxylation is 1. The summed E-state index contributed by atoms with van der Waals surface area (Å²) in [6.45, 7) is 5.53. The van der Waals surface area contributed by atoms with Gasteiger partial charge in [-0.2, -0.15) is 23.5 Å². The number of hydrogen-bond donors (Lipinski definition) is 1. The zero-order valence-electron chi connectivity index (χ0n) is 12.3. The lowest BCUT2D eigenvalue weighted by Crippen LogP contribution is -2.40. The fourth-order valence-electron chi connectivity index (χ4n) is 2.58. The summed E-state index contributed by atoms with van der Waals surface area (Å²) >= 11 is 7.78. The second-order valence-electron chi connectivity index (χ2n) is 4.97. The van der Waals surface area contributed by atoms with Crippen LogP contribution in [-0.2, 0) is 7.05 Å². The largest absolute Gasteiger partial charge is 0.308 e. The average Bonchev–Trinajstić information content (AvgIpc) is 2.80. The third-order valence-corrected chi connectivity index (χ3v) is 7.47. The second kappa shape index (κ2) is 8.06. The van der Waals surface area contributed by atoms with E-state index in [1.54, 1.807) is 0 Å². The highest BCUT2D eigenvalue weighted by Gasteiger charge is 2.35. The van der Waals surface area contributed by atoms with Crippen LogP contribution in [0.4, 0.5) is 0 Å². The third kappa shape index (κ3) is 3.72. The second-order valence-corrected chi connectivity index (χ2v) is 8.36. The van der Waals surface area contributed by atoms with E-state index in [0.717, 1.165) is 17.6 Å². The SMILES string of the molecule is CCCNC(c1c(Br)nnn1C)C1SCCSC1CC. The van der Waals surface area contributed by atoms with Gasteiger partial charge in [0.2, 0.25) is 0 Å². The summed E-state index contributed by atoms with van der Waals surface area (Å²) in [7, 11) is 1.98. The number of thioether (sulfide) groups is 2. The quantitative estimate of drug-likeness (QED) is 0.822. The van der Waals surface area contributed by atoms with Gasteiger partial charge in [0, 0.05) is 29.1 Å². The Kier molecular flexibility index (Phi) is 6.71. The van der Waals surface area contributed by atoms with E-state index in [1.165, 1.54) is 23.6 Å². The van der Waals surface area contributed by atoms with Crippen LogP contribution >= 0.6 is 39.5 Å². The molecule has 1 aliphatic rings. The van der Waals surface area contributed by atoms with Gasteiger partial charge in [-0.1, -0.05) is 19.1 Å². The molecule has 4 nitrogen and oxygen atoms in total. The first kappa shape index (κ1) is 16.6. The van der Waals surface area contributed by atoms with Gasteiger partial charge < -0.3 is 5.32 Å². The lowest BCUT2D eigenvalue weighted by molar-refractivity contribution is 0.466. The molecule has 0 bridgehead atoms. The van der Waals surface area contributed by atoms with Gasteiger partial charge in [0.1, 0.15) is 0 Å². The van der Waals surface area contributed by atoms with E-state index < -0.39 is 0 Å². The standard InChI is InChI=1S/C13H23BrN4S2/c1-4-6-15-10(11-13(14)16-17-18(11)3)12-9(5-2)19-7-8-20-12/h9-10,12,15H,4-8H2,1-3H3. The molecule has 1 aliphatic heterocycles. The van der Waals surface area contributed by atoms with Crippen molar-refractivity contribution in [3.8, 4) is 0 Å². The first-order chi connectivity index (χ1) is 9.69. The predicted octanol–water partition coefficient (Wildman–Crippen LogP) is 3.25. The van der Waals surface area contributed by atoms with Crippen molar-refractivity contribution in [1.82, 2.24) is 20.3 Å². The lowest BCUT2D eigenvalue weighted by atomic mass is 10.1. The van der Waals surface area contributed by atoms with Crippen LogP contribution in [0.2, 0.25) is 0 Å². The molecule has 114 valence electrons. The topological polar surface area (TPSA) is 42.7 Å². The predicted molar refractivity (Wildman–Crippen MR) is 92.5 cm³/mol. The molecule has 20 heavy (non-hydrogen) atoms. The molecular formula is C13H23BrN4S2. The van der Waals surface area contributed by atoms with Gasteiger partial charge in [-0.3, -0.25) is 0 Å². The van der Waals surface area contributed by atoms with Crippen molar-refractivity contribution >= 4 is 39.5 Å². The van der Waals surface area contributed by atoms with Gasteiger partial charge in [0.15, 0.2) is 4.60 Å². The van der Waals surface area contributed by atoms with Crippen LogP contribution in [0.1, 0.15) is 38.4 Å². The van der Waals surface area contributed by atoms with Crippen LogP contribution in [-0.4, -0.2) is 43.5 Å². The van der Waals surface area contributed by atoms with E-state index in [4.69, 9.17) is 0 Å². The molecule has 1 N–H and O–H groups in total. The minimum atomic E-state index is 0.312. The highest BCUT2D eigenvalue weighted by atomic mass is 79.9. The molecule has 1 saturated heterocycles. The summed E-state index contributed by atoms with van der Waals surface area (Å²) < 4.78 is 2.78. The van der Waals surface area contributed by atoms with Crippen LogP contribution in [0.25, 0.3) is 0 Å². The molecule has 2 rings (SSSR count). The van der Waals surface area contributed by atoms with Crippen molar-refractivity contribution in [3.05, 3.63) is 10.3 Å². The van der Waals surface area contributed by atoms with E-state index in [9.17, 15) is 0 Å². The molecular weight excluding hydrogens is 356 g/mol. The summed E-state index contributed by atoms with van der Waals surface area (Å²) in [6.07, 6.45) is 2.36. The molecule has 0 aliphatic carbocycles. The van der Waals surface area contributed by atoms with E-state index in [1.807, 2.05) is 11.7 Å². The highest BCUT2D eigenvalue weighted by molar-refractivity contribution is 9.10. The van der Waals surface area contributed by atoms with Crippen LogP contribution in [0.5, 0.6) is 0 Å². The normalized spacial score (nSPS) is 24.8. The fourth-order valence-corrected chi connectivity index (χ4v) is 6.38. The molecule has 7 heteroatoms. The first-order valence-electron chi connectivity index (χ1n) is 7.20. The van der Waals surface area contributed by atoms with E-state index in [-0.39, 0.29) is 0 Å². The molecule has 3 atom stereocenters. The van der Waals surface area contributed by atoms with Gasteiger partial charge >= 0.3 is 0 Å². The summed E-state index contributed by atoms with van der Waals surface area (Å²) in [5.41, 5.74) is 1.18. The van der Waals surface area contributed by atoms with E-state index in [0.29, 0.717) is 16.5 Å². The number of halogens is 1. The smallest absolute Gasteiger partial charge is 0.153 e. The maximum Gasteiger partial charge on any atom is 0.153 e. The Morgan fingerprint density at radius 2 is 2.15 bits per heavy atom. The molecule has 3 unspecified atom stereocenters. The van der Waals surface area contributed by atoms with E-state index >= 15 is 0 Å². The van der Waals surface area contributed by atoms with Crippen molar-refractivity contribution in [3.63, 3.8) is 0 Å². The molecule has 1 fully saturated rings. The van der Waals surface area contributed by atoms with Crippen molar-refractivity contribution in [2.75, 3.05) is 18.1 Å². The van der Waals surface area contributed by atoms with E-state index in [2.05, 4.69) is 68.9 Å². The Bertz CT molecular complexity index is 407. The number of rotatable bonds is 6. The number of nitrogens with zero attached hydrogens (tertiary/aromatic N) is 3. The van der Waals surface area contributed by atoms with Crippen molar-refractivity contribution < 1.29 is 0 Å². The Labute approximate surface area is 138 Å². The Morgan fingerprint density at radius 1 is 1.40 bits per heavy atom. The van der Waals surface area contributed by atoms with Crippen LogP contribution in [0, 0.1) is 0 Å². The van der Waals surface area contributed by atoms with Crippen LogP contribution < -0.4 is 5.32 Å². The van der Waals surface area contributed by atoms with Gasteiger partial charge in [-0.25, -0.2) is 4.68 Å². The minimum Gasteiger partial charge on any atom is -0.308 e. The monoisotopic (exact) mass is 378 g/mol. The summed E-state index contributed by atoms with van der Waals surface area (Å²) in [4.78, 5) is 0. The molecule has 0 amide bonds. The number of nitrogens with one attached hydrogen (secondary N) is 1. The summed E-state index contributed by atoms with van der Waals surface area (Å²) in [5, 5.41) is 13.3. The molecule has 0 aromatic carbocycles. The number of aromatic nitrogens is 3. The Hall–Kier alpha value is 0.280. The highest BCUT2D eigenvalue weighted by Crippen LogP contribution is 2.41. The van der Waals surface area contributed by atoms with Gasteiger partial charge in [-0.05, 0) is 35.3 Å². The van der Waals surface area contributed by atoms with Crippen LogP contribution in [0.15, 0.2) is 4.60 Å². The molecule has 0 saturated carbocycles. The maximum atomic E-state index is 4.16. The minimum absolute atomic E-state index is 0.312. The first-order valence-corrected chi connectivity index (χ1v) is 10.1. The van der Waals surface area contributed by atoms with Crippen molar-refractivity contribution in [1.29, 1.82) is 0 Å². The lowest BCUT2D eigenvalue weighted by Gasteiger charge is -2.36. The molecule has 1 aromatic heterocycles. The Morgan fingerprint density at radius 3 is 2.75 bits per heavy atom. The Balaban J connectivity index is 2.26.